The van der Waals surface area contributed by atoms with Crippen LogP contribution in [0.5, 0.6) is 0 Å². The number of para-hydroxylation sites is 1. The standard InChI is InChI=1S/C26H31N10O10P/c27-20-5-6-34(26(39)33-20)21-7-16(38)19(45-21)11-43-47(42,32-9-14-3-1-2-4-15(14)36(40)41)46-17-8-22(44-18(17)10-37)35-13-31-23-24(28)29-12-30-25(23)35/h1-6,12-13,16-19,21-22,37-38H,7-11H2,(H,32,42)(H2,27,33,39)(H2,28,29,30)/t16-,17-,18+,19+,21+,22+,47?/m0/s1. The molecule has 0 saturated carbocycles. The van der Waals surface area contributed by atoms with E-state index in [-0.39, 0.29) is 42.3 Å². The van der Waals surface area contributed by atoms with Crippen LogP contribution in [0, 0.1) is 10.1 Å². The van der Waals surface area contributed by atoms with Crippen LogP contribution < -0.4 is 22.2 Å². The zero-order chi connectivity index (χ0) is 33.3. The zero-order valence-electron chi connectivity index (χ0n) is 24.5. The minimum atomic E-state index is -4.40. The van der Waals surface area contributed by atoms with Gasteiger partial charge in [-0.05, 0) is 6.07 Å². The number of nitro groups is 1. The van der Waals surface area contributed by atoms with E-state index in [9.17, 15) is 29.7 Å². The summed E-state index contributed by atoms with van der Waals surface area (Å²) in [5.41, 5.74) is 11.5. The second kappa shape index (κ2) is 13.4. The summed E-state index contributed by atoms with van der Waals surface area (Å²) in [6.45, 7) is -1.30. The molecule has 2 aliphatic heterocycles. The molecule has 6 rings (SSSR count). The molecule has 5 heterocycles. The molecule has 0 amide bonds. The molecule has 0 spiro atoms. The number of aliphatic hydroxyl groups is 2. The molecule has 1 unspecified atom stereocenters. The summed E-state index contributed by atoms with van der Waals surface area (Å²) < 4.78 is 40.6. The van der Waals surface area contributed by atoms with E-state index in [4.69, 9.17) is 30.0 Å². The number of hydrogen-bond donors (Lipinski definition) is 5. The fourth-order valence-corrected chi connectivity index (χ4v) is 6.90. The molecule has 0 bridgehead atoms. The second-order valence-corrected chi connectivity index (χ2v) is 12.5. The number of nitrogen functional groups attached to an aromatic ring is 2. The van der Waals surface area contributed by atoms with Gasteiger partial charge in [0.2, 0.25) is 0 Å². The highest BCUT2D eigenvalue weighted by atomic mass is 31.2. The minimum absolute atomic E-state index is 0.00794. The van der Waals surface area contributed by atoms with E-state index < -0.39 is 68.4 Å². The Hall–Kier alpha value is -4.40. The zero-order valence-corrected chi connectivity index (χ0v) is 25.4. The molecule has 3 aromatic heterocycles. The number of nitrogens with one attached hydrogen (secondary N) is 1. The maximum absolute atomic E-state index is 14.3. The summed E-state index contributed by atoms with van der Waals surface area (Å²) >= 11 is 0. The lowest BCUT2D eigenvalue weighted by molar-refractivity contribution is -0.385. The Balaban J connectivity index is 1.21. The van der Waals surface area contributed by atoms with Crippen molar-refractivity contribution < 1.29 is 38.2 Å². The highest BCUT2D eigenvalue weighted by Crippen LogP contribution is 2.50. The summed E-state index contributed by atoms with van der Waals surface area (Å²) in [5, 5.41) is 35.1. The molecule has 250 valence electrons. The molecule has 7 N–H and O–H groups in total. The van der Waals surface area contributed by atoms with Crippen molar-refractivity contribution in [1.82, 2.24) is 34.2 Å². The van der Waals surface area contributed by atoms with Crippen molar-refractivity contribution in [3.05, 3.63) is 75.3 Å². The molecule has 20 nitrogen and oxygen atoms in total. The van der Waals surface area contributed by atoms with Crippen LogP contribution in [0.15, 0.2) is 54.0 Å². The van der Waals surface area contributed by atoms with Gasteiger partial charge < -0.3 is 31.2 Å². The van der Waals surface area contributed by atoms with Gasteiger partial charge >= 0.3 is 13.4 Å². The molecule has 0 radical (unpaired) electrons. The number of nitro benzene ring substituents is 1. The van der Waals surface area contributed by atoms with Gasteiger partial charge in [-0.1, -0.05) is 18.2 Å². The maximum Gasteiger partial charge on any atom is 0.406 e. The number of aliphatic hydroxyl groups excluding tert-OH is 2. The smallest absolute Gasteiger partial charge is 0.394 e. The van der Waals surface area contributed by atoms with Gasteiger partial charge in [0.1, 0.15) is 48.4 Å². The summed E-state index contributed by atoms with van der Waals surface area (Å²) in [7, 11) is -4.40. The summed E-state index contributed by atoms with van der Waals surface area (Å²) in [6, 6.07) is 7.25. The van der Waals surface area contributed by atoms with Crippen LogP contribution in [-0.4, -0.2) is 81.8 Å². The average molecular weight is 675 g/mol. The van der Waals surface area contributed by atoms with E-state index in [1.54, 1.807) is 10.6 Å². The molecule has 47 heavy (non-hydrogen) atoms. The van der Waals surface area contributed by atoms with Crippen molar-refractivity contribution in [2.45, 2.75) is 56.3 Å². The third-order valence-electron chi connectivity index (χ3n) is 7.76. The third kappa shape index (κ3) is 6.85. The lowest BCUT2D eigenvalue weighted by atomic mass is 10.2. The molecule has 2 fully saturated rings. The normalized spacial score (nSPS) is 25.7. The number of rotatable bonds is 12. The molecular weight excluding hydrogens is 643 g/mol. The van der Waals surface area contributed by atoms with Crippen molar-refractivity contribution in [3.8, 4) is 0 Å². The fourth-order valence-electron chi connectivity index (χ4n) is 5.39. The Labute approximate surface area is 265 Å². The second-order valence-electron chi connectivity index (χ2n) is 10.8. The molecular formula is C26H31N10O10P. The molecule has 0 aliphatic carbocycles. The maximum atomic E-state index is 14.3. The first-order chi connectivity index (χ1) is 22.5. The Bertz CT molecular complexity index is 1870. The molecule has 1 aromatic carbocycles. The van der Waals surface area contributed by atoms with Crippen molar-refractivity contribution >= 4 is 36.2 Å². The van der Waals surface area contributed by atoms with Crippen LogP contribution in [-0.2, 0) is 29.6 Å². The summed E-state index contributed by atoms with van der Waals surface area (Å²) in [5.74, 6) is 0.178. The van der Waals surface area contributed by atoms with Crippen LogP contribution in [0.2, 0.25) is 0 Å². The van der Waals surface area contributed by atoms with Gasteiger partial charge in [0.15, 0.2) is 11.5 Å². The highest BCUT2D eigenvalue weighted by molar-refractivity contribution is 7.51. The fraction of sp³-hybridized carbons (Fsp3) is 0.423. The lowest BCUT2D eigenvalue weighted by Gasteiger charge is -2.26. The Morgan fingerprint density at radius 2 is 1.87 bits per heavy atom. The first-order valence-corrected chi connectivity index (χ1v) is 15.9. The van der Waals surface area contributed by atoms with Gasteiger partial charge in [0.25, 0.3) is 5.69 Å². The summed E-state index contributed by atoms with van der Waals surface area (Å²) in [6.07, 6.45) is -1.75. The van der Waals surface area contributed by atoms with Crippen LogP contribution in [0.1, 0.15) is 30.9 Å². The number of hydrogen-bond acceptors (Lipinski definition) is 16. The van der Waals surface area contributed by atoms with Crippen LogP contribution >= 0.6 is 7.75 Å². The molecule has 2 saturated heterocycles. The van der Waals surface area contributed by atoms with Crippen molar-refractivity contribution in [3.63, 3.8) is 0 Å². The Morgan fingerprint density at radius 3 is 2.64 bits per heavy atom. The Kier molecular flexibility index (Phi) is 9.26. The number of anilines is 2. The van der Waals surface area contributed by atoms with Crippen LogP contribution in [0.4, 0.5) is 17.3 Å². The number of benzene rings is 1. The van der Waals surface area contributed by atoms with Gasteiger partial charge in [-0.3, -0.25) is 28.3 Å². The number of nitrogens with two attached hydrogens (primary N) is 2. The topological polar surface area (TPSA) is 280 Å². The van der Waals surface area contributed by atoms with Gasteiger partial charge in [0, 0.05) is 37.2 Å². The molecule has 21 heteroatoms. The number of ether oxygens (including phenoxy) is 2. The van der Waals surface area contributed by atoms with Gasteiger partial charge in [0.05, 0.1) is 30.6 Å². The first-order valence-electron chi connectivity index (χ1n) is 14.3. The van der Waals surface area contributed by atoms with Gasteiger partial charge in [-0.15, -0.1) is 0 Å². The predicted octanol–water partition coefficient (Wildman–Crippen LogP) is 0.384. The van der Waals surface area contributed by atoms with E-state index >= 15 is 0 Å². The first kappa shape index (κ1) is 32.5. The highest BCUT2D eigenvalue weighted by Gasteiger charge is 2.44. The SMILES string of the molecule is Nc1ccn([C@H]2C[C@H](O)[C@@H](COP(=O)(NCc3ccccc3[N+](=O)[O-])O[C@H]3C[C@H](n4cnc5c(N)ncnc54)O[C@@H]3CO)O2)c(=O)n1. The van der Waals surface area contributed by atoms with Crippen molar-refractivity contribution in [1.29, 1.82) is 0 Å². The number of imidazole rings is 1. The van der Waals surface area contributed by atoms with E-state index in [1.165, 1.54) is 43.1 Å². The molecule has 7 atom stereocenters. The summed E-state index contributed by atoms with van der Waals surface area (Å²) in [4.78, 5) is 39.4. The predicted molar refractivity (Wildman–Crippen MR) is 161 cm³/mol. The van der Waals surface area contributed by atoms with E-state index in [0.29, 0.717) is 11.2 Å². The van der Waals surface area contributed by atoms with Crippen LogP contribution in [0.3, 0.4) is 0 Å². The monoisotopic (exact) mass is 674 g/mol. The van der Waals surface area contributed by atoms with Crippen molar-refractivity contribution in [2.24, 2.45) is 0 Å². The van der Waals surface area contributed by atoms with Gasteiger partial charge in [-0.2, -0.15) is 4.98 Å². The largest absolute Gasteiger partial charge is 0.406 e. The quantitative estimate of drug-likeness (QED) is 0.0771. The van der Waals surface area contributed by atoms with Gasteiger partial charge in [-0.25, -0.2) is 29.4 Å². The lowest BCUT2D eigenvalue weighted by Crippen LogP contribution is -2.32. The Morgan fingerprint density at radius 1 is 1.11 bits per heavy atom. The molecule has 2 aliphatic rings. The number of fused-ring (bicyclic) bond motifs is 1. The number of aromatic nitrogens is 6. The number of nitrogens with zero attached hydrogens (tertiary/aromatic N) is 7. The molecule has 4 aromatic rings. The van der Waals surface area contributed by atoms with Crippen molar-refractivity contribution in [2.75, 3.05) is 24.7 Å². The third-order valence-corrected chi connectivity index (χ3v) is 9.34. The van der Waals surface area contributed by atoms with E-state index in [2.05, 4.69) is 25.0 Å². The average Bonchev–Trinajstić information content (AvgIpc) is 3.76. The van der Waals surface area contributed by atoms with Crippen LogP contribution in [0.25, 0.3) is 11.2 Å². The van der Waals surface area contributed by atoms with E-state index in [0.717, 1.165) is 4.57 Å². The van der Waals surface area contributed by atoms with E-state index in [1.807, 2.05) is 0 Å². The minimum Gasteiger partial charge on any atom is -0.394 e.